The molecule has 0 aliphatic rings. The third kappa shape index (κ3) is 3.59. The molecule has 23 heavy (non-hydrogen) atoms. The first-order valence-electron chi connectivity index (χ1n) is 6.60. The summed E-state index contributed by atoms with van der Waals surface area (Å²) in [4.78, 5) is 8.48. The van der Waals surface area contributed by atoms with Gasteiger partial charge in [-0.05, 0) is 42.0 Å². The van der Waals surface area contributed by atoms with Crippen molar-refractivity contribution in [3.8, 4) is 17.3 Å². The van der Waals surface area contributed by atoms with Crippen LogP contribution in [0.4, 0.5) is 0 Å². The van der Waals surface area contributed by atoms with Crippen LogP contribution in [0.15, 0.2) is 48.1 Å². The Morgan fingerprint density at radius 1 is 1.17 bits per heavy atom. The molecule has 112 valence electrons. The molecular weight excluding hydrogens is 349 g/mol. The Bertz CT molecular complexity index is 911. The summed E-state index contributed by atoms with van der Waals surface area (Å²) in [6.45, 7) is 0. The summed E-state index contributed by atoms with van der Waals surface area (Å²) in [6.07, 6.45) is 5.15. The maximum Gasteiger partial charge on any atom is 0.134 e. The predicted octanol–water partition coefficient (Wildman–Crippen LogP) is 5.58. The molecule has 3 rings (SSSR count). The third-order valence-corrected chi connectivity index (χ3v) is 4.50. The van der Waals surface area contributed by atoms with E-state index in [0.29, 0.717) is 20.6 Å². The molecule has 0 fully saturated rings. The summed E-state index contributed by atoms with van der Waals surface area (Å²) in [7, 11) is 0. The zero-order chi connectivity index (χ0) is 16.2. The van der Waals surface area contributed by atoms with Crippen LogP contribution in [0.1, 0.15) is 10.6 Å². The molecule has 0 radical (unpaired) electrons. The van der Waals surface area contributed by atoms with Crippen LogP contribution in [-0.2, 0) is 0 Å². The van der Waals surface area contributed by atoms with Crippen LogP contribution in [0.5, 0.6) is 0 Å². The third-order valence-electron chi connectivity index (χ3n) is 3.08. The molecule has 3 nitrogen and oxygen atoms in total. The van der Waals surface area contributed by atoms with Gasteiger partial charge in [-0.1, -0.05) is 23.2 Å². The van der Waals surface area contributed by atoms with Crippen molar-refractivity contribution in [3.63, 3.8) is 0 Å². The standard InChI is InChI=1S/C17H9Cl2N3S/c18-13-1-2-14(15(19)8-13)16-10-23-17(22-16)12(9-20)7-11-3-5-21-6-4-11/h1-8,10H/b12-7+. The molecular formula is C17H9Cl2N3S. The second-order valence-electron chi connectivity index (χ2n) is 4.61. The first kappa shape index (κ1) is 15.7. The summed E-state index contributed by atoms with van der Waals surface area (Å²) >= 11 is 13.5. The first-order chi connectivity index (χ1) is 11.2. The summed E-state index contributed by atoms with van der Waals surface area (Å²) in [5.41, 5.74) is 2.91. The number of thiazole rings is 1. The average Bonchev–Trinajstić information content (AvgIpc) is 3.03. The van der Waals surface area contributed by atoms with Crippen LogP contribution in [0.2, 0.25) is 10.0 Å². The first-order valence-corrected chi connectivity index (χ1v) is 8.24. The Morgan fingerprint density at radius 3 is 2.65 bits per heavy atom. The van der Waals surface area contributed by atoms with Gasteiger partial charge in [0.25, 0.3) is 0 Å². The number of hydrogen-bond acceptors (Lipinski definition) is 4. The van der Waals surface area contributed by atoms with Gasteiger partial charge in [-0.2, -0.15) is 5.26 Å². The molecule has 0 bridgehead atoms. The second-order valence-corrected chi connectivity index (χ2v) is 6.31. The number of nitrogens with zero attached hydrogens (tertiary/aromatic N) is 3. The zero-order valence-corrected chi connectivity index (χ0v) is 14.0. The Kier molecular flexibility index (Phi) is 4.73. The second kappa shape index (κ2) is 6.93. The Hall–Kier alpha value is -2.19. The van der Waals surface area contributed by atoms with Crippen LogP contribution < -0.4 is 0 Å². The van der Waals surface area contributed by atoms with E-state index in [4.69, 9.17) is 23.2 Å². The van der Waals surface area contributed by atoms with Gasteiger partial charge in [0.1, 0.15) is 11.1 Å². The molecule has 1 aromatic carbocycles. The fourth-order valence-electron chi connectivity index (χ4n) is 1.99. The van der Waals surface area contributed by atoms with Gasteiger partial charge < -0.3 is 0 Å². The number of hydrogen-bond donors (Lipinski definition) is 0. The van der Waals surface area contributed by atoms with Crippen molar-refractivity contribution in [2.45, 2.75) is 0 Å². The lowest BCUT2D eigenvalue weighted by Gasteiger charge is -2.00. The van der Waals surface area contributed by atoms with Gasteiger partial charge in [0, 0.05) is 28.4 Å². The van der Waals surface area contributed by atoms with Crippen molar-refractivity contribution in [2.24, 2.45) is 0 Å². The predicted molar refractivity (Wildman–Crippen MR) is 95.3 cm³/mol. The molecule has 0 spiro atoms. The molecule has 3 aromatic rings. The molecule has 2 aromatic heterocycles. The monoisotopic (exact) mass is 357 g/mol. The Morgan fingerprint density at radius 2 is 1.96 bits per heavy atom. The van der Waals surface area contributed by atoms with E-state index in [2.05, 4.69) is 16.0 Å². The van der Waals surface area contributed by atoms with Crippen LogP contribution in [0.3, 0.4) is 0 Å². The minimum Gasteiger partial charge on any atom is -0.265 e. The van der Waals surface area contributed by atoms with Gasteiger partial charge >= 0.3 is 0 Å². The minimum atomic E-state index is 0.498. The zero-order valence-electron chi connectivity index (χ0n) is 11.7. The number of nitriles is 1. The van der Waals surface area contributed by atoms with Crippen molar-refractivity contribution in [1.82, 2.24) is 9.97 Å². The molecule has 0 saturated heterocycles. The molecule has 0 saturated carbocycles. The van der Waals surface area contributed by atoms with E-state index >= 15 is 0 Å². The quantitative estimate of drug-likeness (QED) is 0.575. The molecule has 0 aliphatic carbocycles. The minimum absolute atomic E-state index is 0.498. The Labute approximate surface area is 147 Å². The highest BCUT2D eigenvalue weighted by Gasteiger charge is 2.11. The van der Waals surface area contributed by atoms with E-state index in [9.17, 15) is 5.26 Å². The average molecular weight is 358 g/mol. The van der Waals surface area contributed by atoms with Crippen LogP contribution in [-0.4, -0.2) is 9.97 Å². The van der Waals surface area contributed by atoms with Crippen LogP contribution >= 0.6 is 34.5 Å². The topological polar surface area (TPSA) is 49.6 Å². The van der Waals surface area contributed by atoms with Crippen LogP contribution in [0.25, 0.3) is 22.9 Å². The van der Waals surface area contributed by atoms with Crippen molar-refractivity contribution < 1.29 is 0 Å². The van der Waals surface area contributed by atoms with Gasteiger partial charge in [0.05, 0.1) is 16.3 Å². The van der Waals surface area contributed by atoms with Crippen LogP contribution in [0, 0.1) is 11.3 Å². The number of aromatic nitrogens is 2. The highest BCUT2D eigenvalue weighted by molar-refractivity contribution is 7.11. The summed E-state index contributed by atoms with van der Waals surface area (Å²) < 4.78 is 0. The normalized spacial score (nSPS) is 11.3. The molecule has 0 unspecified atom stereocenters. The molecule has 0 amide bonds. The van der Waals surface area contributed by atoms with Crippen molar-refractivity contribution in [3.05, 3.63) is 68.7 Å². The lowest BCUT2D eigenvalue weighted by molar-refractivity contribution is 1.32. The molecule has 0 atom stereocenters. The number of pyridine rings is 1. The number of allylic oxidation sites excluding steroid dienone is 1. The summed E-state index contributed by atoms with van der Waals surface area (Å²) in [6, 6.07) is 11.1. The van der Waals surface area contributed by atoms with E-state index < -0.39 is 0 Å². The maximum atomic E-state index is 9.40. The van der Waals surface area contributed by atoms with Gasteiger partial charge in [0.2, 0.25) is 0 Å². The lowest BCUT2D eigenvalue weighted by Crippen LogP contribution is -1.84. The van der Waals surface area contributed by atoms with Gasteiger partial charge in [-0.3, -0.25) is 4.98 Å². The summed E-state index contributed by atoms with van der Waals surface area (Å²) in [5.74, 6) is 0. The van der Waals surface area contributed by atoms with Crippen molar-refractivity contribution >= 4 is 46.2 Å². The number of halogens is 2. The number of benzene rings is 1. The van der Waals surface area contributed by atoms with Gasteiger partial charge in [-0.25, -0.2) is 4.98 Å². The van der Waals surface area contributed by atoms with Gasteiger partial charge in [-0.15, -0.1) is 11.3 Å². The fourth-order valence-corrected chi connectivity index (χ4v) is 3.28. The SMILES string of the molecule is N#C/C(=C\c1ccncc1)c1nc(-c2ccc(Cl)cc2Cl)cs1. The molecule has 2 heterocycles. The Balaban J connectivity index is 1.98. The lowest BCUT2D eigenvalue weighted by atomic mass is 10.1. The molecule has 0 aliphatic heterocycles. The van der Waals surface area contributed by atoms with E-state index in [-0.39, 0.29) is 0 Å². The smallest absolute Gasteiger partial charge is 0.134 e. The van der Waals surface area contributed by atoms with E-state index in [1.54, 1.807) is 30.6 Å². The summed E-state index contributed by atoms with van der Waals surface area (Å²) in [5, 5.41) is 13.0. The van der Waals surface area contributed by atoms with E-state index in [0.717, 1.165) is 16.8 Å². The maximum absolute atomic E-state index is 9.40. The van der Waals surface area contributed by atoms with E-state index in [1.807, 2.05) is 23.6 Å². The highest BCUT2D eigenvalue weighted by Crippen LogP contribution is 2.32. The molecule has 0 N–H and O–H groups in total. The van der Waals surface area contributed by atoms with Crippen molar-refractivity contribution in [2.75, 3.05) is 0 Å². The number of rotatable bonds is 3. The van der Waals surface area contributed by atoms with Crippen molar-refractivity contribution in [1.29, 1.82) is 5.26 Å². The van der Waals surface area contributed by atoms with Gasteiger partial charge in [0.15, 0.2) is 0 Å². The highest BCUT2D eigenvalue weighted by atomic mass is 35.5. The fraction of sp³-hybridized carbons (Fsp3) is 0. The molecule has 6 heteroatoms. The largest absolute Gasteiger partial charge is 0.265 e. The van der Waals surface area contributed by atoms with E-state index in [1.165, 1.54) is 11.3 Å².